The molecule has 0 saturated carbocycles. The van der Waals surface area contributed by atoms with Crippen molar-refractivity contribution in [1.82, 2.24) is 19.6 Å². The van der Waals surface area contributed by atoms with Crippen LogP contribution in [0.4, 0.5) is 5.82 Å². The lowest BCUT2D eigenvalue weighted by Gasteiger charge is -2.15. The number of aliphatic carboxylic acids is 1. The molecule has 0 aliphatic carbocycles. The third-order valence-electron chi connectivity index (χ3n) is 2.47. The number of carboxylic acids is 1. The van der Waals surface area contributed by atoms with Gasteiger partial charge in [0.05, 0.1) is 6.42 Å². The quantitative estimate of drug-likeness (QED) is 0.796. The van der Waals surface area contributed by atoms with Crippen molar-refractivity contribution in [2.45, 2.75) is 25.8 Å². The lowest BCUT2D eigenvalue weighted by atomic mass is 10.1. The summed E-state index contributed by atoms with van der Waals surface area (Å²) in [6, 6.07) is -0.164. The van der Waals surface area contributed by atoms with Crippen molar-refractivity contribution in [2.75, 3.05) is 5.32 Å². The SMILES string of the molecule is CCC(CC(=O)O)Nc1nccn2cnnc12. The molecule has 0 saturated heterocycles. The lowest BCUT2D eigenvalue weighted by molar-refractivity contribution is -0.137. The molecule has 0 aliphatic heterocycles. The van der Waals surface area contributed by atoms with Crippen molar-refractivity contribution in [3.05, 3.63) is 18.7 Å². The van der Waals surface area contributed by atoms with E-state index in [1.54, 1.807) is 23.1 Å². The molecule has 0 radical (unpaired) electrons. The fourth-order valence-corrected chi connectivity index (χ4v) is 1.56. The number of carboxylic acid groups (broad SMARTS) is 1. The minimum atomic E-state index is -0.835. The van der Waals surface area contributed by atoms with Gasteiger partial charge >= 0.3 is 5.97 Å². The van der Waals surface area contributed by atoms with Gasteiger partial charge in [-0.15, -0.1) is 10.2 Å². The van der Waals surface area contributed by atoms with E-state index >= 15 is 0 Å². The number of carbonyl (C=O) groups is 1. The summed E-state index contributed by atoms with van der Waals surface area (Å²) in [7, 11) is 0. The Balaban J connectivity index is 2.21. The normalized spacial score (nSPS) is 12.5. The first-order valence-electron chi connectivity index (χ1n) is 5.33. The monoisotopic (exact) mass is 235 g/mol. The molecule has 2 N–H and O–H groups in total. The fraction of sp³-hybridized carbons (Fsp3) is 0.400. The first kappa shape index (κ1) is 11.3. The molecule has 0 fully saturated rings. The number of nitrogens with one attached hydrogen (secondary N) is 1. The molecule has 1 unspecified atom stereocenters. The van der Waals surface area contributed by atoms with E-state index in [1.807, 2.05) is 6.92 Å². The van der Waals surface area contributed by atoms with Gasteiger partial charge < -0.3 is 10.4 Å². The van der Waals surface area contributed by atoms with E-state index in [1.165, 1.54) is 0 Å². The summed E-state index contributed by atoms with van der Waals surface area (Å²) < 4.78 is 1.73. The Bertz CT molecular complexity index is 524. The first-order valence-corrected chi connectivity index (χ1v) is 5.33. The van der Waals surface area contributed by atoms with E-state index in [-0.39, 0.29) is 12.5 Å². The molecule has 90 valence electrons. The molecular weight excluding hydrogens is 222 g/mol. The molecule has 2 aromatic heterocycles. The van der Waals surface area contributed by atoms with Crippen LogP contribution in [-0.4, -0.2) is 36.7 Å². The number of aromatic nitrogens is 4. The third kappa shape index (κ3) is 2.49. The summed E-state index contributed by atoms with van der Waals surface area (Å²) in [5.41, 5.74) is 0.594. The van der Waals surface area contributed by atoms with E-state index in [9.17, 15) is 4.79 Å². The smallest absolute Gasteiger partial charge is 0.305 e. The molecule has 7 nitrogen and oxygen atoms in total. The van der Waals surface area contributed by atoms with E-state index in [0.29, 0.717) is 17.9 Å². The van der Waals surface area contributed by atoms with Crippen LogP contribution in [-0.2, 0) is 4.79 Å². The highest BCUT2D eigenvalue weighted by atomic mass is 16.4. The number of fused-ring (bicyclic) bond motifs is 1. The molecule has 2 aromatic rings. The second kappa shape index (κ2) is 4.77. The summed E-state index contributed by atoms with van der Waals surface area (Å²) in [6.07, 6.45) is 5.67. The van der Waals surface area contributed by atoms with Crippen molar-refractivity contribution < 1.29 is 9.90 Å². The molecule has 1 atom stereocenters. The molecule has 0 aromatic carbocycles. The molecule has 0 amide bonds. The summed E-state index contributed by atoms with van der Waals surface area (Å²) >= 11 is 0. The van der Waals surface area contributed by atoms with Gasteiger partial charge in [-0.25, -0.2) is 4.98 Å². The molecule has 0 aliphatic rings. The molecule has 2 rings (SSSR count). The zero-order chi connectivity index (χ0) is 12.3. The predicted octanol–water partition coefficient (Wildman–Crippen LogP) is 0.789. The van der Waals surface area contributed by atoms with Crippen LogP contribution >= 0.6 is 0 Å². The topological polar surface area (TPSA) is 92.4 Å². The van der Waals surface area contributed by atoms with Crippen molar-refractivity contribution >= 4 is 17.4 Å². The first-order chi connectivity index (χ1) is 8.20. The molecule has 0 bridgehead atoms. The molecule has 2 heterocycles. The zero-order valence-corrected chi connectivity index (χ0v) is 9.37. The number of rotatable bonds is 5. The summed E-state index contributed by atoms with van der Waals surface area (Å²) in [5.74, 6) is -0.282. The molecule has 17 heavy (non-hydrogen) atoms. The van der Waals surface area contributed by atoms with Crippen LogP contribution in [0.25, 0.3) is 5.65 Å². The van der Waals surface area contributed by atoms with Crippen molar-refractivity contribution in [1.29, 1.82) is 0 Å². The van der Waals surface area contributed by atoms with Crippen LogP contribution < -0.4 is 5.32 Å². The maximum atomic E-state index is 10.7. The van der Waals surface area contributed by atoms with E-state index < -0.39 is 5.97 Å². The van der Waals surface area contributed by atoms with Crippen LogP contribution in [0.15, 0.2) is 18.7 Å². The number of nitrogens with zero attached hydrogens (tertiary/aromatic N) is 4. The van der Waals surface area contributed by atoms with Gasteiger partial charge in [0.2, 0.25) is 5.65 Å². The average Bonchev–Trinajstić information content (AvgIpc) is 2.76. The van der Waals surface area contributed by atoms with Gasteiger partial charge in [0.25, 0.3) is 0 Å². The largest absolute Gasteiger partial charge is 0.481 e. The highest BCUT2D eigenvalue weighted by Gasteiger charge is 2.13. The van der Waals surface area contributed by atoms with Gasteiger partial charge in [-0.3, -0.25) is 9.20 Å². The highest BCUT2D eigenvalue weighted by molar-refractivity contribution is 5.69. The predicted molar refractivity (Wildman–Crippen MR) is 60.7 cm³/mol. The van der Waals surface area contributed by atoms with Gasteiger partial charge in [0, 0.05) is 18.4 Å². The standard InChI is InChI=1S/C10H13N5O2/c1-2-7(5-8(16)17)13-9-10-14-12-6-15(10)4-3-11-9/h3-4,6-7H,2,5H2,1H3,(H,11,13)(H,16,17). The van der Waals surface area contributed by atoms with Crippen LogP contribution in [0.3, 0.4) is 0 Å². The summed E-state index contributed by atoms with van der Waals surface area (Å²) in [6.45, 7) is 1.92. The summed E-state index contributed by atoms with van der Waals surface area (Å²) in [4.78, 5) is 14.8. The van der Waals surface area contributed by atoms with Gasteiger partial charge in [-0.2, -0.15) is 0 Å². The molecular formula is C10H13N5O2. The molecule has 7 heteroatoms. The Morgan fingerprint density at radius 1 is 1.65 bits per heavy atom. The minimum Gasteiger partial charge on any atom is -0.481 e. The zero-order valence-electron chi connectivity index (χ0n) is 9.37. The second-order valence-electron chi connectivity index (χ2n) is 3.69. The Morgan fingerprint density at radius 2 is 2.47 bits per heavy atom. The third-order valence-corrected chi connectivity index (χ3v) is 2.47. The van der Waals surface area contributed by atoms with Crippen molar-refractivity contribution in [2.24, 2.45) is 0 Å². The van der Waals surface area contributed by atoms with Crippen LogP contribution in [0.5, 0.6) is 0 Å². The fourth-order valence-electron chi connectivity index (χ4n) is 1.56. The van der Waals surface area contributed by atoms with E-state index in [0.717, 1.165) is 0 Å². The van der Waals surface area contributed by atoms with Gasteiger partial charge in [-0.05, 0) is 6.42 Å². The van der Waals surface area contributed by atoms with Crippen LogP contribution in [0.1, 0.15) is 19.8 Å². The van der Waals surface area contributed by atoms with Crippen LogP contribution in [0, 0.1) is 0 Å². The summed E-state index contributed by atoms with van der Waals surface area (Å²) in [5, 5.41) is 19.5. The Hall–Kier alpha value is -2.18. The Labute approximate surface area is 97.5 Å². The average molecular weight is 235 g/mol. The second-order valence-corrected chi connectivity index (χ2v) is 3.69. The lowest BCUT2D eigenvalue weighted by Crippen LogP contribution is -2.23. The van der Waals surface area contributed by atoms with E-state index in [4.69, 9.17) is 5.11 Å². The number of hydrogen-bond acceptors (Lipinski definition) is 5. The van der Waals surface area contributed by atoms with Crippen molar-refractivity contribution in [3.63, 3.8) is 0 Å². The van der Waals surface area contributed by atoms with Gasteiger partial charge in [-0.1, -0.05) is 6.92 Å². The number of hydrogen-bond donors (Lipinski definition) is 2. The van der Waals surface area contributed by atoms with E-state index in [2.05, 4.69) is 20.5 Å². The Kier molecular flexibility index (Phi) is 3.17. The van der Waals surface area contributed by atoms with Crippen molar-refractivity contribution in [3.8, 4) is 0 Å². The highest BCUT2D eigenvalue weighted by Crippen LogP contribution is 2.13. The van der Waals surface area contributed by atoms with Gasteiger partial charge in [0.15, 0.2) is 5.82 Å². The maximum absolute atomic E-state index is 10.7. The number of anilines is 1. The Morgan fingerprint density at radius 3 is 3.18 bits per heavy atom. The van der Waals surface area contributed by atoms with Gasteiger partial charge in [0.1, 0.15) is 6.33 Å². The van der Waals surface area contributed by atoms with Crippen LogP contribution in [0.2, 0.25) is 0 Å². The minimum absolute atomic E-state index is 0.0490. The maximum Gasteiger partial charge on any atom is 0.305 e. The molecule has 0 spiro atoms.